The Morgan fingerprint density at radius 3 is 3.05 bits per heavy atom. The predicted molar refractivity (Wildman–Crippen MR) is 72.0 cm³/mol. The zero-order valence-corrected chi connectivity index (χ0v) is 11.0. The van der Waals surface area contributed by atoms with Crippen molar-refractivity contribution in [1.29, 1.82) is 0 Å². The number of aromatic nitrogens is 2. The average molecular weight is 280 g/mol. The molecule has 3 heterocycles. The molecule has 19 heavy (non-hydrogen) atoms. The lowest BCUT2D eigenvalue weighted by atomic mass is 9.99. The van der Waals surface area contributed by atoms with Crippen molar-refractivity contribution < 1.29 is 9.90 Å². The number of rotatable bonds is 2. The van der Waals surface area contributed by atoms with E-state index in [4.69, 9.17) is 11.6 Å². The van der Waals surface area contributed by atoms with Crippen LogP contribution in [0.5, 0.6) is 0 Å². The van der Waals surface area contributed by atoms with E-state index in [1.165, 1.54) is 0 Å². The van der Waals surface area contributed by atoms with Crippen molar-refractivity contribution in [1.82, 2.24) is 14.7 Å². The molecule has 1 aliphatic rings. The quantitative estimate of drug-likeness (QED) is 0.884. The van der Waals surface area contributed by atoms with E-state index in [0.717, 1.165) is 31.8 Å². The lowest BCUT2D eigenvalue weighted by molar-refractivity contribution is 0.0693. The largest absolute Gasteiger partial charge is 0.476 e. The Balaban J connectivity index is 2.17. The lowest BCUT2D eigenvalue weighted by Gasteiger charge is -2.21. The summed E-state index contributed by atoms with van der Waals surface area (Å²) in [6, 6.07) is 3.40. The van der Waals surface area contributed by atoms with Gasteiger partial charge in [-0.05, 0) is 31.5 Å². The number of carboxylic acids is 1. The summed E-state index contributed by atoms with van der Waals surface area (Å²) in [5.74, 6) is 0.00441. The summed E-state index contributed by atoms with van der Waals surface area (Å²) in [5.41, 5.74) is 0.690. The molecule has 2 aromatic rings. The van der Waals surface area contributed by atoms with Gasteiger partial charge in [-0.1, -0.05) is 11.6 Å². The molecule has 0 aromatic carbocycles. The van der Waals surface area contributed by atoms with E-state index in [1.54, 1.807) is 18.3 Å². The van der Waals surface area contributed by atoms with Gasteiger partial charge < -0.3 is 14.8 Å². The number of carboxylic acid groups (broad SMARTS) is 1. The topological polar surface area (TPSA) is 66.6 Å². The fourth-order valence-electron chi connectivity index (χ4n) is 2.60. The Hall–Kier alpha value is -1.59. The number of fused-ring (bicyclic) bond motifs is 1. The zero-order chi connectivity index (χ0) is 13.4. The maximum absolute atomic E-state index is 11.3. The molecule has 1 fully saturated rings. The highest BCUT2D eigenvalue weighted by atomic mass is 35.5. The van der Waals surface area contributed by atoms with Gasteiger partial charge >= 0.3 is 5.97 Å². The highest BCUT2D eigenvalue weighted by Crippen LogP contribution is 2.26. The van der Waals surface area contributed by atoms with E-state index in [-0.39, 0.29) is 11.6 Å². The molecule has 1 saturated heterocycles. The number of piperidine rings is 1. The number of hydrogen-bond donors (Lipinski definition) is 2. The van der Waals surface area contributed by atoms with Crippen LogP contribution in [0.2, 0.25) is 5.02 Å². The lowest BCUT2D eigenvalue weighted by Crippen LogP contribution is -2.29. The van der Waals surface area contributed by atoms with Gasteiger partial charge in [0.2, 0.25) is 0 Å². The second-order valence-corrected chi connectivity index (χ2v) is 5.21. The molecule has 0 spiro atoms. The number of imidazole rings is 1. The van der Waals surface area contributed by atoms with E-state index in [2.05, 4.69) is 10.3 Å². The first-order valence-corrected chi connectivity index (χ1v) is 6.66. The third-order valence-corrected chi connectivity index (χ3v) is 3.72. The van der Waals surface area contributed by atoms with E-state index < -0.39 is 5.97 Å². The average Bonchev–Trinajstić information content (AvgIpc) is 2.78. The van der Waals surface area contributed by atoms with Crippen LogP contribution in [0.25, 0.3) is 5.52 Å². The molecule has 0 bridgehead atoms. The van der Waals surface area contributed by atoms with Gasteiger partial charge in [0, 0.05) is 18.7 Å². The Kier molecular flexibility index (Phi) is 3.16. The fourth-order valence-corrected chi connectivity index (χ4v) is 2.76. The molecular formula is C13H14ClN3O2. The summed E-state index contributed by atoms with van der Waals surface area (Å²) < 4.78 is 1.81. The highest BCUT2D eigenvalue weighted by molar-refractivity contribution is 6.30. The summed E-state index contributed by atoms with van der Waals surface area (Å²) >= 11 is 6.01. The van der Waals surface area contributed by atoms with Crippen LogP contribution in [0.1, 0.15) is 35.1 Å². The predicted octanol–water partition coefficient (Wildman–Crippen LogP) is 2.15. The van der Waals surface area contributed by atoms with E-state index >= 15 is 0 Å². The number of pyridine rings is 1. The first-order chi connectivity index (χ1) is 9.16. The van der Waals surface area contributed by atoms with E-state index in [9.17, 15) is 9.90 Å². The maximum Gasteiger partial charge on any atom is 0.356 e. The monoisotopic (exact) mass is 279 g/mol. The number of nitrogens with one attached hydrogen (secondary N) is 1. The standard InChI is InChI=1S/C13H14ClN3O2/c14-9-3-4-10-11(13(18)19)16-12(17(10)7-9)8-2-1-5-15-6-8/h3-4,7-8,15H,1-2,5-6H2,(H,18,19). The van der Waals surface area contributed by atoms with Crippen LogP contribution < -0.4 is 5.32 Å². The van der Waals surface area contributed by atoms with Gasteiger partial charge in [-0.2, -0.15) is 0 Å². The van der Waals surface area contributed by atoms with Crippen molar-refractivity contribution in [2.75, 3.05) is 13.1 Å². The van der Waals surface area contributed by atoms with Crippen LogP contribution >= 0.6 is 11.6 Å². The molecule has 1 aliphatic heterocycles. The first-order valence-electron chi connectivity index (χ1n) is 6.28. The van der Waals surface area contributed by atoms with Gasteiger partial charge in [-0.25, -0.2) is 9.78 Å². The molecule has 0 aliphatic carbocycles. The molecule has 0 saturated carbocycles. The Labute approximate surface area is 115 Å². The van der Waals surface area contributed by atoms with Gasteiger partial charge in [0.1, 0.15) is 5.82 Å². The van der Waals surface area contributed by atoms with Crippen LogP contribution in [-0.4, -0.2) is 33.6 Å². The molecule has 2 aromatic heterocycles. The zero-order valence-electron chi connectivity index (χ0n) is 10.3. The van der Waals surface area contributed by atoms with Gasteiger partial charge in [0.05, 0.1) is 10.5 Å². The molecule has 3 rings (SSSR count). The van der Waals surface area contributed by atoms with E-state index in [0.29, 0.717) is 10.5 Å². The number of aromatic carboxylic acids is 1. The minimum Gasteiger partial charge on any atom is -0.476 e. The summed E-state index contributed by atoms with van der Waals surface area (Å²) in [5, 5.41) is 13.1. The highest BCUT2D eigenvalue weighted by Gasteiger charge is 2.24. The maximum atomic E-state index is 11.3. The Morgan fingerprint density at radius 2 is 2.37 bits per heavy atom. The molecule has 1 atom stereocenters. The van der Waals surface area contributed by atoms with Crippen LogP contribution in [0.4, 0.5) is 0 Å². The molecule has 6 heteroatoms. The van der Waals surface area contributed by atoms with Crippen molar-refractivity contribution in [2.45, 2.75) is 18.8 Å². The summed E-state index contributed by atoms with van der Waals surface area (Å²) in [7, 11) is 0. The van der Waals surface area contributed by atoms with Gasteiger partial charge in [-0.15, -0.1) is 0 Å². The molecular weight excluding hydrogens is 266 g/mol. The molecule has 1 unspecified atom stereocenters. The Bertz CT molecular complexity index is 632. The Morgan fingerprint density at radius 1 is 1.53 bits per heavy atom. The fraction of sp³-hybridized carbons (Fsp3) is 0.385. The molecule has 0 radical (unpaired) electrons. The number of hydrogen-bond acceptors (Lipinski definition) is 3. The molecule has 0 amide bonds. The van der Waals surface area contributed by atoms with Crippen molar-refractivity contribution in [3.8, 4) is 0 Å². The summed E-state index contributed by atoms with van der Waals surface area (Å²) in [4.78, 5) is 15.6. The van der Waals surface area contributed by atoms with Crippen molar-refractivity contribution in [3.05, 3.63) is 34.9 Å². The smallest absolute Gasteiger partial charge is 0.356 e. The van der Waals surface area contributed by atoms with Crippen molar-refractivity contribution in [2.24, 2.45) is 0 Å². The van der Waals surface area contributed by atoms with Crippen molar-refractivity contribution >= 4 is 23.1 Å². The number of halogens is 1. The molecule has 2 N–H and O–H groups in total. The van der Waals surface area contributed by atoms with Crippen LogP contribution in [0, 0.1) is 0 Å². The second-order valence-electron chi connectivity index (χ2n) is 4.77. The first kappa shape index (κ1) is 12.4. The third-order valence-electron chi connectivity index (χ3n) is 3.49. The molecule has 100 valence electrons. The second kappa shape index (κ2) is 4.83. The van der Waals surface area contributed by atoms with Gasteiger partial charge in [0.25, 0.3) is 0 Å². The minimum absolute atomic E-state index is 0.0947. The van der Waals surface area contributed by atoms with Crippen LogP contribution in [0.15, 0.2) is 18.3 Å². The van der Waals surface area contributed by atoms with Crippen LogP contribution in [0.3, 0.4) is 0 Å². The minimum atomic E-state index is -1.00. The summed E-state index contributed by atoms with van der Waals surface area (Å²) in [6.07, 6.45) is 3.82. The van der Waals surface area contributed by atoms with Crippen molar-refractivity contribution in [3.63, 3.8) is 0 Å². The molecule has 5 nitrogen and oxygen atoms in total. The normalized spacial score (nSPS) is 19.7. The van der Waals surface area contributed by atoms with Gasteiger partial charge in [-0.3, -0.25) is 0 Å². The van der Waals surface area contributed by atoms with Gasteiger partial charge in [0.15, 0.2) is 5.69 Å². The van der Waals surface area contributed by atoms with E-state index in [1.807, 2.05) is 4.40 Å². The third kappa shape index (κ3) is 2.19. The van der Waals surface area contributed by atoms with Crippen LogP contribution in [-0.2, 0) is 0 Å². The SMILES string of the molecule is O=C(O)c1nc(C2CCCNC2)n2cc(Cl)ccc12. The summed E-state index contributed by atoms with van der Waals surface area (Å²) in [6.45, 7) is 1.83. The number of nitrogens with zero attached hydrogens (tertiary/aromatic N) is 2. The number of carbonyl (C=O) groups is 1.